The predicted molar refractivity (Wildman–Crippen MR) is 164 cm³/mol. The molecule has 0 radical (unpaired) electrons. The number of aromatic nitrogens is 3. The first-order valence-corrected chi connectivity index (χ1v) is 14.4. The van der Waals surface area contributed by atoms with Crippen molar-refractivity contribution in [2.75, 3.05) is 19.8 Å². The molecule has 2 aromatic heterocycles. The maximum atomic E-state index is 15.1. The minimum absolute atomic E-state index is 0.00635. The molecule has 0 aliphatic carbocycles. The Hall–Kier alpha value is -3.77. The van der Waals surface area contributed by atoms with Crippen LogP contribution < -0.4 is 27.8 Å². The van der Waals surface area contributed by atoms with Crippen LogP contribution in [0.3, 0.4) is 0 Å². The summed E-state index contributed by atoms with van der Waals surface area (Å²) in [6.45, 7) is 3.57. The van der Waals surface area contributed by atoms with Gasteiger partial charge in [-0.05, 0) is 74.1 Å². The minimum atomic E-state index is -0.526. The lowest BCUT2D eigenvalue weighted by molar-refractivity contribution is 0.131. The standard InChI is InChI=1S/C30H36ClFN8O2/c1-17(33)3-2-4-18-11-23(27(32)24(31)12-18)26-13-20-15-40(30(41)39-28(20)38-26)22-7-5-19(6-8-22)25-9-10-42-16-21(37-25)14-36-29(34)35/h5-8,11-13,15,17,21,25,37H,2-4,9-10,14,16,33H2,1H3,(H4,34,35,36)(H,38,39,41)/t17-,21+,25-/m0/s1. The molecule has 42 heavy (non-hydrogen) atoms. The number of fused-ring (bicyclic) bond motifs is 1. The zero-order chi connectivity index (χ0) is 29.8. The molecule has 0 saturated carbocycles. The first-order valence-electron chi connectivity index (χ1n) is 14.1. The van der Waals surface area contributed by atoms with Crippen molar-refractivity contribution in [3.8, 4) is 16.9 Å². The van der Waals surface area contributed by atoms with Crippen LogP contribution in [0.25, 0.3) is 28.0 Å². The number of halogens is 2. The molecule has 3 heterocycles. The second kappa shape index (κ2) is 13.0. The van der Waals surface area contributed by atoms with Gasteiger partial charge in [0.15, 0.2) is 11.8 Å². The van der Waals surface area contributed by atoms with Crippen molar-refractivity contribution in [3.05, 3.63) is 81.1 Å². The Morgan fingerprint density at radius 3 is 2.83 bits per heavy atom. The fraction of sp³-hybridized carbons (Fsp3) is 0.367. The lowest BCUT2D eigenvalue weighted by Gasteiger charge is -2.22. The number of nitrogens with zero attached hydrogens (tertiary/aromatic N) is 2. The Balaban J connectivity index is 1.38. The zero-order valence-corrected chi connectivity index (χ0v) is 24.2. The van der Waals surface area contributed by atoms with Gasteiger partial charge in [-0.1, -0.05) is 23.7 Å². The van der Waals surface area contributed by atoms with Crippen LogP contribution in [0.4, 0.5) is 4.39 Å². The van der Waals surface area contributed by atoms with Gasteiger partial charge in [0.25, 0.3) is 0 Å². The highest BCUT2D eigenvalue weighted by molar-refractivity contribution is 6.31. The first-order chi connectivity index (χ1) is 20.2. The van der Waals surface area contributed by atoms with E-state index in [4.69, 9.17) is 33.2 Å². The largest absolute Gasteiger partial charge is 0.380 e. The summed E-state index contributed by atoms with van der Waals surface area (Å²) >= 11 is 6.24. The molecule has 0 unspecified atom stereocenters. The Labute approximate surface area is 248 Å². The number of benzene rings is 2. The van der Waals surface area contributed by atoms with E-state index in [-0.39, 0.29) is 29.1 Å². The highest BCUT2D eigenvalue weighted by Gasteiger charge is 2.21. The number of ether oxygens (including phenoxy) is 1. The van der Waals surface area contributed by atoms with E-state index < -0.39 is 11.5 Å². The van der Waals surface area contributed by atoms with Crippen molar-refractivity contribution in [3.63, 3.8) is 0 Å². The van der Waals surface area contributed by atoms with E-state index in [1.807, 2.05) is 31.2 Å². The fourth-order valence-corrected chi connectivity index (χ4v) is 5.50. The van der Waals surface area contributed by atoms with E-state index in [0.717, 1.165) is 36.8 Å². The number of rotatable bonds is 9. The molecule has 222 valence electrons. The van der Waals surface area contributed by atoms with Crippen LogP contribution in [0.2, 0.25) is 5.02 Å². The number of guanidine groups is 1. The molecule has 12 heteroatoms. The van der Waals surface area contributed by atoms with Gasteiger partial charge in [0, 0.05) is 48.4 Å². The van der Waals surface area contributed by atoms with E-state index in [1.165, 1.54) is 4.57 Å². The van der Waals surface area contributed by atoms with E-state index in [9.17, 15) is 4.79 Å². The Morgan fingerprint density at radius 1 is 1.31 bits per heavy atom. The predicted octanol–water partition coefficient (Wildman–Crippen LogP) is 3.75. The third-order valence-electron chi connectivity index (χ3n) is 7.43. The molecule has 8 N–H and O–H groups in total. The quantitative estimate of drug-likeness (QED) is 0.127. The van der Waals surface area contributed by atoms with Gasteiger partial charge in [-0.2, -0.15) is 4.98 Å². The Kier molecular flexibility index (Phi) is 9.22. The van der Waals surface area contributed by atoms with Crippen LogP contribution in [0.5, 0.6) is 0 Å². The molecule has 1 aliphatic rings. The maximum absolute atomic E-state index is 15.1. The minimum Gasteiger partial charge on any atom is -0.380 e. The topological polar surface area (TPSA) is 160 Å². The molecule has 1 saturated heterocycles. The van der Waals surface area contributed by atoms with Crippen molar-refractivity contribution in [1.29, 1.82) is 5.41 Å². The van der Waals surface area contributed by atoms with Gasteiger partial charge in [-0.15, -0.1) is 0 Å². The molecule has 4 aromatic rings. The lowest BCUT2D eigenvalue weighted by Crippen LogP contribution is -2.45. The third-order valence-corrected chi connectivity index (χ3v) is 7.71. The molecular weight excluding hydrogens is 559 g/mol. The van der Waals surface area contributed by atoms with Gasteiger partial charge in [0.1, 0.15) is 5.65 Å². The summed E-state index contributed by atoms with van der Waals surface area (Å²) in [4.78, 5) is 20.3. The molecule has 2 aromatic carbocycles. The second-order valence-electron chi connectivity index (χ2n) is 10.9. The number of aryl methyl sites for hydroxylation is 1. The average molecular weight is 595 g/mol. The van der Waals surface area contributed by atoms with Gasteiger partial charge in [-0.3, -0.25) is 9.98 Å². The number of H-pyrrole nitrogens is 1. The zero-order valence-electron chi connectivity index (χ0n) is 23.4. The van der Waals surface area contributed by atoms with Crippen molar-refractivity contribution in [1.82, 2.24) is 25.2 Å². The third kappa shape index (κ3) is 6.99. The number of hydrogen-bond acceptors (Lipinski definition) is 6. The fourth-order valence-electron chi connectivity index (χ4n) is 5.26. The molecule has 1 fully saturated rings. The Bertz CT molecular complexity index is 1620. The molecule has 0 spiro atoms. The van der Waals surface area contributed by atoms with E-state index in [2.05, 4.69) is 20.6 Å². The molecule has 0 amide bonds. The van der Waals surface area contributed by atoms with Crippen LogP contribution in [0, 0.1) is 11.2 Å². The molecular formula is C30H36ClFN8O2. The van der Waals surface area contributed by atoms with Crippen LogP contribution in [-0.2, 0) is 11.2 Å². The van der Waals surface area contributed by atoms with Crippen LogP contribution in [-0.4, -0.2) is 52.3 Å². The monoisotopic (exact) mass is 594 g/mol. The van der Waals surface area contributed by atoms with E-state index >= 15 is 4.39 Å². The Morgan fingerprint density at radius 2 is 2.10 bits per heavy atom. The summed E-state index contributed by atoms with van der Waals surface area (Å²) < 4.78 is 22.3. The summed E-state index contributed by atoms with van der Waals surface area (Å²) in [7, 11) is 0. The van der Waals surface area contributed by atoms with Gasteiger partial charge in [-0.25, -0.2) is 9.18 Å². The highest BCUT2D eigenvalue weighted by atomic mass is 35.5. The summed E-state index contributed by atoms with van der Waals surface area (Å²) in [5.74, 6) is -0.607. The van der Waals surface area contributed by atoms with Crippen LogP contribution in [0.15, 0.2) is 53.5 Å². The van der Waals surface area contributed by atoms with Gasteiger partial charge in [0.2, 0.25) is 0 Å². The molecule has 3 atom stereocenters. The number of hydrogen-bond donors (Lipinski definition) is 6. The van der Waals surface area contributed by atoms with Crippen molar-refractivity contribution in [2.45, 2.75) is 50.7 Å². The van der Waals surface area contributed by atoms with E-state index in [0.29, 0.717) is 47.7 Å². The molecule has 0 bridgehead atoms. The number of aromatic amines is 1. The number of nitrogens with two attached hydrogens (primary N) is 2. The SMILES string of the molecule is C[C@H](N)CCCc1cc(Cl)c(F)c(-c2cc3cn(-c4ccc([C@@H]5CCOC[C@@H](CNC(=N)N)N5)cc4)c(=O)nc3[nH]2)c1. The molecule has 1 aliphatic heterocycles. The van der Waals surface area contributed by atoms with Gasteiger partial charge >= 0.3 is 5.69 Å². The van der Waals surface area contributed by atoms with Gasteiger partial charge in [0.05, 0.1) is 23.0 Å². The summed E-state index contributed by atoms with van der Waals surface area (Å²) in [6, 6.07) is 13.0. The summed E-state index contributed by atoms with van der Waals surface area (Å²) in [5.41, 5.74) is 14.7. The summed E-state index contributed by atoms with van der Waals surface area (Å²) in [5, 5.41) is 14.5. The van der Waals surface area contributed by atoms with Crippen molar-refractivity contribution in [2.24, 2.45) is 11.5 Å². The lowest BCUT2D eigenvalue weighted by atomic mass is 10.0. The van der Waals surface area contributed by atoms with Crippen LogP contribution >= 0.6 is 11.6 Å². The second-order valence-corrected chi connectivity index (χ2v) is 11.3. The van der Waals surface area contributed by atoms with E-state index in [1.54, 1.807) is 24.4 Å². The summed E-state index contributed by atoms with van der Waals surface area (Å²) in [6.07, 6.45) is 4.94. The maximum Gasteiger partial charge on any atom is 0.354 e. The van der Waals surface area contributed by atoms with Crippen molar-refractivity contribution < 1.29 is 9.13 Å². The first kappa shape index (κ1) is 29.7. The van der Waals surface area contributed by atoms with Crippen LogP contribution in [0.1, 0.15) is 43.4 Å². The number of nitrogens with one attached hydrogen (secondary N) is 4. The molecule has 10 nitrogen and oxygen atoms in total. The smallest absolute Gasteiger partial charge is 0.354 e. The van der Waals surface area contributed by atoms with Gasteiger partial charge < -0.3 is 31.8 Å². The average Bonchev–Trinajstić information content (AvgIpc) is 3.21. The molecule has 5 rings (SSSR count). The highest BCUT2D eigenvalue weighted by Crippen LogP contribution is 2.31. The van der Waals surface area contributed by atoms with Crippen molar-refractivity contribution >= 4 is 28.6 Å². The normalized spacial score (nSPS) is 18.1.